The van der Waals surface area contributed by atoms with Gasteiger partial charge in [-0.1, -0.05) is 59.1 Å². The van der Waals surface area contributed by atoms with Crippen LogP contribution in [0.2, 0.25) is 0 Å². The molecule has 2 aromatic carbocycles. The molecular formula is C38H45BrN2O6. The molecule has 1 fully saturated rings. The predicted molar refractivity (Wildman–Crippen MR) is 184 cm³/mol. The molecule has 0 spiro atoms. The summed E-state index contributed by atoms with van der Waals surface area (Å²) < 4.78 is 13.0. The summed E-state index contributed by atoms with van der Waals surface area (Å²) in [6, 6.07) is 10.5. The first kappa shape index (κ1) is 33.4. The Morgan fingerprint density at radius 3 is 2.09 bits per heavy atom. The summed E-state index contributed by atoms with van der Waals surface area (Å²) in [5.41, 5.74) is 4.86. The van der Waals surface area contributed by atoms with Gasteiger partial charge in [0.1, 0.15) is 6.61 Å². The number of hydrogen-bond acceptors (Lipinski definition) is 7. The molecule has 0 radical (unpaired) electrons. The standard InChI is InChI=1S/C38H45BrN2O6/c1-6-46-32-17-24(16-27(39)36(32)47-22-23-11-10-14-26(15-23)41(44)45)33-34-28(18-37(2,3)20-30(34)42)40(25-12-8-7-9-13-25)29-19-38(4,5)21-31(43)35(29)33/h10-11,14-17,25,33H,6-9,12-13,18-22H2,1-5H3. The van der Waals surface area contributed by atoms with E-state index >= 15 is 0 Å². The zero-order valence-corrected chi connectivity index (χ0v) is 29.7. The molecule has 0 amide bonds. The second-order valence-corrected chi connectivity index (χ2v) is 16.0. The SMILES string of the molecule is CCOc1cc(C2C3=C(CC(C)(C)CC3=O)N(C3CCCCC3)C3=C2C(=O)CC(C)(C)C3)cc(Br)c1OCc1cccc([N+](=O)[O-])c1. The smallest absolute Gasteiger partial charge is 0.269 e. The molecule has 1 aliphatic heterocycles. The van der Waals surface area contributed by atoms with Crippen molar-refractivity contribution in [3.63, 3.8) is 0 Å². The summed E-state index contributed by atoms with van der Waals surface area (Å²) in [5, 5.41) is 11.3. The van der Waals surface area contributed by atoms with Gasteiger partial charge in [-0.2, -0.15) is 0 Å². The maximum atomic E-state index is 14.3. The van der Waals surface area contributed by atoms with Crippen molar-refractivity contribution in [3.8, 4) is 11.5 Å². The Labute approximate surface area is 285 Å². The van der Waals surface area contributed by atoms with Crippen LogP contribution in [0.5, 0.6) is 11.5 Å². The third kappa shape index (κ3) is 6.65. The average molecular weight is 706 g/mol. The van der Waals surface area contributed by atoms with Crippen molar-refractivity contribution < 1.29 is 24.0 Å². The predicted octanol–water partition coefficient (Wildman–Crippen LogP) is 9.35. The summed E-state index contributed by atoms with van der Waals surface area (Å²) in [6.45, 7) is 11.1. The Morgan fingerprint density at radius 2 is 1.51 bits per heavy atom. The number of nitrogens with zero attached hydrogens (tertiary/aromatic N) is 2. The van der Waals surface area contributed by atoms with Crippen LogP contribution in [0.3, 0.4) is 0 Å². The van der Waals surface area contributed by atoms with Crippen LogP contribution >= 0.6 is 15.9 Å². The maximum Gasteiger partial charge on any atom is 0.269 e. The first-order valence-corrected chi connectivity index (χ1v) is 17.7. The van der Waals surface area contributed by atoms with E-state index in [2.05, 4.69) is 48.5 Å². The molecule has 4 aliphatic rings. The molecule has 250 valence electrons. The van der Waals surface area contributed by atoms with E-state index in [-0.39, 0.29) is 34.7 Å². The summed E-state index contributed by atoms with van der Waals surface area (Å²) in [6.07, 6.45) is 8.13. The summed E-state index contributed by atoms with van der Waals surface area (Å²) in [7, 11) is 0. The molecule has 1 saturated carbocycles. The van der Waals surface area contributed by atoms with Gasteiger partial charge in [0.25, 0.3) is 5.69 Å². The molecule has 0 aromatic heterocycles. The van der Waals surface area contributed by atoms with Crippen LogP contribution in [-0.4, -0.2) is 34.0 Å². The van der Waals surface area contributed by atoms with E-state index < -0.39 is 10.8 Å². The minimum atomic E-state index is -0.492. The lowest BCUT2D eigenvalue weighted by Gasteiger charge is -2.52. The molecule has 0 unspecified atom stereocenters. The number of ether oxygens (including phenoxy) is 2. The van der Waals surface area contributed by atoms with Gasteiger partial charge >= 0.3 is 0 Å². The fourth-order valence-corrected chi connectivity index (χ4v) is 8.76. The zero-order chi connectivity index (χ0) is 33.7. The van der Waals surface area contributed by atoms with Crippen molar-refractivity contribution in [1.29, 1.82) is 0 Å². The number of allylic oxidation sites excluding steroid dienone is 4. The molecule has 9 heteroatoms. The number of halogens is 1. The molecule has 8 nitrogen and oxygen atoms in total. The Morgan fingerprint density at radius 1 is 0.894 bits per heavy atom. The average Bonchev–Trinajstić information content (AvgIpc) is 2.99. The Hall–Kier alpha value is -3.46. The van der Waals surface area contributed by atoms with Gasteiger partial charge in [-0.15, -0.1) is 0 Å². The molecule has 1 heterocycles. The minimum absolute atomic E-state index is 0.000995. The van der Waals surface area contributed by atoms with Crippen LogP contribution in [-0.2, 0) is 16.2 Å². The number of Topliss-reactive ketones (excluding diaryl/α,β-unsaturated/α-hetero) is 2. The maximum absolute atomic E-state index is 14.3. The fraction of sp³-hybridized carbons (Fsp3) is 0.526. The van der Waals surface area contributed by atoms with Gasteiger partial charge in [-0.05, 0) is 82.6 Å². The van der Waals surface area contributed by atoms with E-state index in [0.29, 0.717) is 47.0 Å². The Bertz CT molecular complexity index is 1630. The molecule has 0 saturated heterocycles. The number of nitro groups is 1. The monoisotopic (exact) mass is 704 g/mol. The topological polar surface area (TPSA) is 99.0 Å². The molecular weight excluding hydrogens is 660 g/mol. The largest absolute Gasteiger partial charge is 0.490 e. The van der Waals surface area contributed by atoms with E-state index in [0.717, 1.165) is 66.6 Å². The molecule has 6 rings (SSSR count). The minimum Gasteiger partial charge on any atom is -0.490 e. The number of rotatable bonds is 8. The third-order valence-electron chi connectivity index (χ3n) is 10.1. The highest BCUT2D eigenvalue weighted by atomic mass is 79.9. The van der Waals surface area contributed by atoms with Gasteiger partial charge < -0.3 is 14.4 Å². The van der Waals surface area contributed by atoms with Crippen LogP contribution in [0.1, 0.15) is 109 Å². The van der Waals surface area contributed by atoms with Gasteiger partial charge in [0.05, 0.1) is 16.0 Å². The van der Waals surface area contributed by atoms with Gasteiger partial charge in [0, 0.05) is 59.5 Å². The quantitative estimate of drug-likeness (QED) is 0.199. The molecule has 47 heavy (non-hydrogen) atoms. The molecule has 0 bridgehead atoms. The number of non-ortho nitro benzene ring substituents is 1. The lowest BCUT2D eigenvalue weighted by molar-refractivity contribution is -0.384. The Kier molecular flexibility index (Phi) is 9.15. The van der Waals surface area contributed by atoms with Crippen molar-refractivity contribution in [2.75, 3.05) is 6.61 Å². The summed E-state index contributed by atoms with van der Waals surface area (Å²) >= 11 is 3.74. The van der Waals surface area contributed by atoms with Gasteiger partial charge in [-0.3, -0.25) is 19.7 Å². The second kappa shape index (κ2) is 12.9. The van der Waals surface area contributed by atoms with Crippen molar-refractivity contribution in [1.82, 2.24) is 4.90 Å². The van der Waals surface area contributed by atoms with E-state index in [4.69, 9.17) is 9.47 Å². The molecule has 3 aliphatic carbocycles. The second-order valence-electron chi connectivity index (χ2n) is 15.2. The lowest BCUT2D eigenvalue weighted by atomic mass is 9.63. The van der Waals surface area contributed by atoms with Gasteiger partial charge in [0.2, 0.25) is 0 Å². The van der Waals surface area contributed by atoms with E-state index in [1.54, 1.807) is 12.1 Å². The van der Waals surface area contributed by atoms with Gasteiger partial charge in [-0.25, -0.2) is 0 Å². The van der Waals surface area contributed by atoms with E-state index in [1.165, 1.54) is 18.6 Å². The zero-order valence-electron chi connectivity index (χ0n) is 28.1. The number of benzene rings is 2. The van der Waals surface area contributed by atoms with E-state index in [1.807, 2.05) is 19.1 Å². The third-order valence-corrected chi connectivity index (χ3v) is 10.7. The van der Waals surface area contributed by atoms with Crippen LogP contribution < -0.4 is 9.47 Å². The first-order chi connectivity index (χ1) is 22.3. The number of nitro benzene ring substituents is 1. The van der Waals surface area contributed by atoms with E-state index in [9.17, 15) is 19.7 Å². The number of carbonyl (C=O) groups excluding carboxylic acids is 2. The molecule has 0 atom stereocenters. The number of hydrogen-bond donors (Lipinski definition) is 0. The first-order valence-electron chi connectivity index (χ1n) is 16.9. The Balaban J connectivity index is 1.49. The van der Waals surface area contributed by atoms with Gasteiger partial charge in [0.15, 0.2) is 23.1 Å². The highest BCUT2D eigenvalue weighted by molar-refractivity contribution is 9.10. The van der Waals surface area contributed by atoms with Crippen molar-refractivity contribution in [3.05, 3.63) is 84.7 Å². The molecule has 0 N–H and O–H groups in total. The normalized spacial score (nSPS) is 21.4. The van der Waals surface area contributed by atoms with Crippen molar-refractivity contribution in [2.45, 2.75) is 111 Å². The highest BCUT2D eigenvalue weighted by Gasteiger charge is 2.50. The summed E-state index contributed by atoms with van der Waals surface area (Å²) in [4.78, 5) is 42.0. The van der Waals surface area contributed by atoms with Crippen molar-refractivity contribution in [2.24, 2.45) is 10.8 Å². The number of ketones is 2. The van der Waals surface area contributed by atoms with Crippen LogP contribution in [0.15, 0.2) is 63.4 Å². The van der Waals surface area contributed by atoms with Crippen LogP contribution in [0, 0.1) is 20.9 Å². The summed E-state index contributed by atoms with van der Waals surface area (Å²) in [5.74, 6) is 0.705. The fourth-order valence-electron chi connectivity index (χ4n) is 8.18. The lowest BCUT2D eigenvalue weighted by Crippen LogP contribution is -2.48. The van der Waals surface area contributed by atoms with Crippen molar-refractivity contribution >= 4 is 33.2 Å². The van der Waals surface area contributed by atoms with Crippen LogP contribution in [0.25, 0.3) is 0 Å². The number of carbonyl (C=O) groups is 2. The molecule has 2 aromatic rings. The van der Waals surface area contributed by atoms with Crippen LogP contribution in [0.4, 0.5) is 5.69 Å². The highest BCUT2D eigenvalue weighted by Crippen LogP contribution is 2.56.